The van der Waals surface area contributed by atoms with Gasteiger partial charge in [0.1, 0.15) is 17.6 Å². The summed E-state index contributed by atoms with van der Waals surface area (Å²) in [7, 11) is 1.61. The minimum Gasteiger partial charge on any atom is -0.507 e. The van der Waals surface area contributed by atoms with Crippen LogP contribution in [0.1, 0.15) is 61.4 Å². The number of likely N-dealkylation sites (tertiary alicyclic amines) is 1. The summed E-state index contributed by atoms with van der Waals surface area (Å²) in [5.74, 6) is -0.248. The molecule has 174 valence electrons. The van der Waals surface area contributed by atoms with Gasteiger partial charge >= 0.3 is 0 Å². The number of benzene rings is 2. The Morgan fingerprint density at radius 1 is 1.18 bits per heavy atom. The van der Waals surface area contributed by atoms with E-state index in [4.69, 9.17) is 9.47 Å². The van der Waals surface area contributed by atoms with Crippen molar-refractivity contribution in [3.8, 4) is 5.75 Å². The van der Waals surface area contributed by atoms with E-state index in [1.165, 1.54) is 5.56 Å². The molecule has 0 bridgehead atoms. The normalized spacial score (nSPS) is 21.5. The molecule has 6 heteroatoms. The number of hydrogen-bond donors (Lipinski definition) is 1. The summed E-state index contributed by atoms with van der Waals surface area (Å²) < 4.78 is 10.9. The van der Waals surface area contributed by atoms with Crippen LogP contribution < -0.4 is 4.74 Å². The standard InChI is InChI=1S/C27H31NO5/c1-16(2)18-6-8-19(9-7-18)24-23(26(30)27(31)28(24)12-5-13-32-4)25(29)20-10-11-22-21(15-20)14-17(3)33-22/h6-11,15-17,24,29H,5,12-14H2,1-4H3/t17-,24+/m0/s1. The monoisotopic (exact) mass is 449 g/mol. The molecule has 2 aliphatic heterocycles. The minimum absolute atomic E-state index is 0.0724. The maximum atomic E-state index is 13.1. The van der Waals surface area contributed by atoms with E-state index >= 15 is 0 Å². The summed E-state index contributed by atoms with van der Waals surface area (Å²) in [5, 5.41) is 11.3. The summed E-state index contributed by atoms with van der Waals surface area (Å²) in [6.45, 7) is 7.06. The molecule has 2 aromatic carbocycles. The van der Waals surface area contributed by atoms with Crippen LogP contribution in [0.25, 0.3) is 5.76 Å². The topological polar surface area (TPSA) is 76.1 Å². The highest BCUT2D eigenvalue weighted by molar-refractivity contribution is 6.46. The zero-order valence-electron chi connectivity index (χ0n) is 19.6. The Morgan fingerprint density at radius 2 is 1.91 bits per heavy atom. The van der Waals surface area contributed by atoms with Gasteiger partial charge < -0.3 is 19.5 Å². The summed E-state index contributed by atoms with van der Waals surface area (Å²) in [6.07, 6.45) is 1.41. The molecule has 0 aromatic heterocycles. The Morgan fingerprint density at radius 3 is 2.58 bits per heavy atom. The molecule has 6 nitrogen and oxygen atoms in total. The summed E-state index contributed by atoms with van der Waals surface area (Å²) >= 11 is 0. The summed E-state index contributed by atoms with van der Waals surface area (Å²) in [6, 6.07) is 12.7. The van der Waals surface area contributed by atoms with Crippen LogP contribution in [-0.4, -0.2) is 48.1 Å². The van der Waals surface area contributed by atoms with Gasteiger partial charge in [0, 0.05) is 32.2 Å². The molecule has 1 N–H and O–H groups in total. The number of nitrogens with zero attached hydrogens (tertiary/aromatic N) is 1. The highest BCUT2D eigenvalue weighted by atomic mass is 16.5. The molecule has 2 aromatic rings. The number of rotatable bonds is 7. The molecule has 1 saturated heterocycles. The highest BCUT2D eigenvalue weighted by Crippen LogP contribution is 2.41. The van der Waals surface area contributed by atoms with E-state index in [1.54, 1.807) is 18.1 Å². The average Bonchev–Trinajstić information content (AvgIpc) is 3.29. The third-order valence-electron chi connectivity index (χ3n) is 6.38. The number of amides is 1. The second-order valence-electron chi connectivity index (χ2n) is 9.12. The van der Waals surface area contributed by atoms with Gasteiger partial charge in [0.05, 0.1) is 11.6 Å². The first kappa shape index (κ1) is 23.1. The third-order valence-corrected chi connectivity index (χ3v) is 6.38. The Balaban J connectivity index is 1.79. The Hall–Kier alpha value is -3.12. The predicted octanol–water partition coefficient (Wildman–Crippen LogP) is 4.59. The van der Waals surface area contributed by atoms with Crippen LogP contribution in [0.15, 0.2) is 48.0 Å². The average molecular weight is 450 g/mol. The van der Waals surface area contributed by atoms with Crippen molar-refractivity contribution in [3.63, 3.8) is 0 Å². The molecule has 0 spiro atoms. The van der Waals surface area contributed by atoms with Crippen molar-refractivity contribution >= 4 is 17.4 Å². The number of carbonyl (C=O) groups is 2. The summed E-state index contributed by atoms with van der Waals surface area (Å²) in [4.78, 5) is 27.7. The molecule has 0 unspecified atom stereocenters. The molecular weight excluding hydrogens is 418 g/mol. The fourth-order valence-electron chi connectivity index (χ4n) is 4.62. The second kappa shape index (κ2) is 9.40. The molecule has 0 radical (unpaired) electrons. The van der Waals surface area contributed by atoms with Crippen molar-refractivity contribution in [1.82, 2.24) is 4.90 Å². The zero-order chi connectivity index (χ0) is 23.7. The van der Waals surface area contributed by atoms with Crippen LogP contribution in [0, 0.1) is 0 Å². The molecular formula is C27H31NO5. The first-order valence-electron chi connectivity index (χ1n) is 11.5. The molecule has 0 aliphatic carbocycles. The lowest BCUT2D eigenvalue weighted by Gasteiger charge is -2.25. The predicted molar refractivity (Wildman–Crippen MR) is 126 cm³/mol. The van der Waals surface area contributed by atoms with Crippen LogP contribution in [0.4, 0.5) is 0 Å². The van der Waals surface area contributed by atoms with Crippen molar-refractivity contribution in [3.05, 3.63) is 70.3 Å². The number of hydrogen-bond acceptors (Lipinski definition) is 5. The van der Waals surface area contributed by atoms with Crippen molar-refractivity contribution in [2.45, 2.75) is 51.7 Å². The van der Waals surface area contributed by atoms with Crippen LogP contribution >= 0.6 is 0 Å². The number of aliphatic hydroxyl groups is 1. The van der Waals surface area contributed by atoms with E-state index in [1.807, 2.05) is 43.3 Å². The number of ether oxygens (including phenoxy) is 2. The Bertz CT molecular complexity index is 1090. The molecule has 2 atom stereocenters. The Kier molecular flexibility index (Phi) is 6.56. The Labute approximate surface area is 194 Å². The van der Waals surface area contributed by atoms with Gasteiger partial charge in [-0.05, 0) is 54.2 Å². The van der Waals surface area contributed by atoms with E-state index in [0.29, 0.717) is 31.1 Å². The quantitative estimate of drug-likeness (QED) is 0.290. The fraction of sp³-hybridized carbons (Fsp3) is 0.407. The van der Waals surface area contributed by atoms with E-state index < -0.39 is 17.7 Å². The largest absolute Gasteiger partial charge is 0.507 e. The van der Waals surface area contributed by atoms with Crippen LogP contribution in [-0.2, 0) is 20.7 Å². The van der Waals surface area contributed by atoms with Gasteiger partial charge in [0.15, 0.2) is 0 Å². The molecule has 4 rings (SSSR count). The number of ketones is 1. The van der Waals surface area contributed by atoms with Crippen LogP contribution in [0.3, 0.4) is 0 Å². The smallest absolute Gasteiger partial charge is 0.295 e. The van der Waals surface area contributed by atoms with Gasteiger partial charge in [-0.2, -0.15) is 0 Å². The van der Waals surface area contributed by atoms with Gasteiger partial charge in [-0.25, -0.2) is 0 Å². The highest BCUT2D eigenvalue weighted by Gasteiger charge is 2.45. The second-order valence-corrected chi connectivity index (χ2v) is 9.12. The molecule has 1 fully saturated rings. The first-order chi connectivity index (χ1) is 15.8. The van der Waals surface area contributed by atoms with Crippen molar-refractivity contribution < 1.29 is 24.2 Å². The number of aliphatic hydroxyl groups excluding tert-OH is 1. The van der Waals surface area contributed by atoms with Gasteiger partial charge in [-0.1, -0.05) is 38.1 Å². The lowest BCUT2D eigenvalue weighted by molar-refractivity contribution is -0.140. The van der Waals surface area contributed by atoms with E-state index in [9.17, 15) is 14.7 Å². The molecule has 2 heterocycles. The lowest BCUT2D eigenvalue weighted by atomic mass is 9.92. The zero-order valence-corrected chi connectivity index (χ0v) is 19.6. The van der Waals surface area contributed by atoms with Crippen molar-refractivity contribution in [2.75, 3.05) is 20.3 Å². The lowest BCUT2D eigenvalue weighted by Crippen LogP contribution is -2.31. The molecule has 2 aliphatic rings. The number of fused-ring (bicyclic) bond motifs is 1. The van der Waals surface area contributed by atoms with Crippen molar-refractivity contribution in [2.24, 2.45) is 0 Å². The third kappa shape index (κ3) is 4.40. The maximum Gasteiger partial charge on any atom is 0.295 e. The van der Waals surface area contributed by atoms with E-state index in [-0.39, 0.29) is 17.4 Å². The number of Topliss-reactive ketones (excluding diaryl/α,β-unsaturated/α-hetero) is 1. The van der Waals surface area contributed by atoms with Gasteiger partial charge in [0.2, 0.25) is 0 Å². The molecule has 1 amide bonds. The minimum atomic E-state index is -0.659. The van der Waals surface area contributed by atoms with Gasteiger partial charge in [-0.15, -0.1) is 0 Å². The fourth-order valence-corrected chi connectivity index (χ4v) is 4.62. The van der Waals surface area contributed by atoms with E-state index in [2.05, 4.69) is 13.8 Å². The van der Waals surface area contributed by atoms with Gasteiger partial charge in [-0.3, -0.25) is 9.59 Å². The summed E-state index contributed by atoms with van der Waals surface area (Å²) in [5.41, 5.74) is 3.60. The molecule has 0 saturated carbocycles. The molecule has 33 heavy (non-hydrogen) atoms. The van der Waals surface area contributed by atoms with Crippen LogP contribution in [0.5, 0.6) is 5.75 Å². The maximum absolute atomic E-state index is 13.1. The number of carbonyl (C=O) groups excluding carboxylic acids is 2. The number of methoxy groups -OCH3 is 1. The van der Waals surface area contributed by atoms with Crippen molar-refractivity contribution in [1.29, 1.82) is 0 Å². The first-order valence-corrected chi connectivity index (χ1v) is 11.5. The van der Waals surface area contributed by atoms with E-state index in [0.717, 1.165) is 23.3 Å². The SMILES string of the molecule is COCCCN1C(=O)C(=O)C(=C(O)c2ccc3c(c2)C[C@H](C)O3)[C@H]1c1ccc(C(C)C)cc1. The van der Waals surface area contributed by atoms with Crippen LogP contribution in [0.2, 0.25) is 0 Å². The van der Waals surface area contributed by atoms with Gasteiger partial charge in [0.25, 0.3) is 11.7 Å².